The van der Waals surface area contributed by atoms with Crippen molar-refractivity contribution >= 4 is 40.5 Å². The fourth-order valence-corrected chi connectivity index (χ4v) is 3.23. The summed E-state index contributed by atoms with van der Waals surface area (Å²) in [4.78, 5) is 28.1. The number of nitrogens with two attached hydrogens (primary N) is 1. The van der Waals surface area contributed by atoms with Crippen LogP contribution in [0.3, 0.4) is 0 Å². The Hall–Kier alpha value is -3.46. The molecule has 150 valence electrons. The maximum atomic E-state index is 11.9. The zero-order valence-electron chi connectivity index (χ0n) is 15.8. The van der Waals surface area contributed by atoms with Crippen molar-refractivity contribution in [3.63, 3.8) is 0 Å². The molecule has 0 atom stereocenters. The van der Waals surface area contributed by atoms with E-state index in [1.807, 2.05) is 0 Å². The summed E-state index contributed by atoms with van der Waals surface area (Å²) in [6, 6.07) is 12.4. The summed E-state index contributed by atoms with van der Waals surface area (Å²) in [7, 11) is 3.09. The largest absolute Gasteiger partial charge is 0.497 e. The highest BCUT2D eigenvalue weighted by atomic mass is 32.2. The number of hydrogen-bond donors (Lipinski definition) is 2. The third-order valence-electron chi connectivity index (χ3n) is 3.83. The lowest BCUT2D eigenvalue weighted by Gasteiger charge is -2.10. The molecule has 0 aliphatic carbocycles. The van der Waals surface area contributed by atoms with Crippen molar-refractivity contribution in [2.75, 3.05) is 20.8 Å². The highest BCUT2D eigenvalue weighted by molar-refractivity contribution is 8.18. The molecule has 2 amide bonds. The van der Waals surface area contributed by atoms with E-state index in [9.17, 15) is 9.59 Å². The molecule has 1 fully saturated rings. The number of methoxy groups -OCH3 is 2. The normalized spacial score (nSPS) is 16.0. The molecule has 2 aromatic rings. The summed E-state index contributed by atoms with van der Waals surface area (Å²) < 4.78 is 15.8. The summed E-state index contributed by atoms with van der Waals surface area (Å²) >= 11 is 1.04. The molecule has 0 spiro atoms. The van der Waals surface area contributed by atoms with Crippen molar-refractivity contribution in [2.45, 2.75) is 0 Å². The molecule has 29 heavy (non-hydrogen) atoms. The van der Waals surface area contributed by atoms with E-state index >= 15 is 0 Å². The fourth-order valence-electron chi connectivity index (χ4n) is 2.49. The topological polar surface area (TPSA) is 112 Å². The molecule has 0 radical (unpaired) electrons. The Morgan fingerprint density at radius 1 is 1.14 bits per heavy atom. The van der Waals surface area contributed by atoms with E-state index < -0.39 is 5.91 Å². The third-order valence-corrected chi connectivity index (χ3v) is 4.64. The zero-order chi connectivity index (χ0) is 20.8. The average molecular weight is 413 g/mol. The number of nitrogens with zero attached hydrogens (tertiary/aromatic N) is 1. The molecule has 9 heteroatoms. The van der Waals surface area contributed by atoms with Gasteiger partial charge in [-0.2, -0.15) is 0 Å². The van der Waals surface area contributed by atoms with Crippen molar-refractivity contribution in [1.82, 2.24) is 5.32 Å². The number of ether oxygens (including phenoxy) is 3. The summed E-state index contributed by atoms with van der Waals surface area (Å²) in [5.41, 5.74) is 6.56. The second-order valence-corrected chi connectivity index (χ2v) is 6.86. The number of hydrogen-bond acceptors (Lipinski definition) is 7. The molecule has 3 N–H and O–H groups in total. The molecule has 2 aromatic carbocycles. The SMILES string of the molecule is COc1ccc(N=C2NC(=O)SC2=Cc2ccc(OC)c(OCC(N)=O)c2)cc1. The van der Waals surface area contributed by atoms with E-state index in [1.54, 1.807) is 55.7 Å². The molecule has 1 heterocycles. The average Bonchev–Trinajstić information content (AvgIpc) is 3.05. The molecular formula is C20H19N3O5S. The van der Waals surface area contributed by atoms with Crippen LogP contribution in [0.2, 0.25) is 0 Å². The van der Waals surface area contributed by atoms with Crippen LogP contribution in [-0.4, -0.2) is 37.8 Å². The number of primary amides is 1. The van der Waals surface area contributed by atoms with E-state index in [0.29, 0.717) is 27.9 Å². The molecule has 0 bridgehead atoms. The third kappa shape index (κ3) is 5.29. The second kappa shape index (κ2) is 9.16. The number of amides is 2. The molecule has 1 aliphatic heterocycles. The van der Waals surface area contributed by atoms with Crippen molar-refractivity contribution in [3.8, 4) is 17.2 Å². The highest BCUT2D eigenvalue weighted by Gasteiger charge is 2.23. The fraction of sp³-hybridized carbons (Fsp3) is 0.150. The minimum Gasteiger partial charge on any atom is -0.497 e. The number of rotatable bonds is 7. The van der Waals surface area contributed by atoms with Gasteiger partial charge in [-0.1, -0.05) is 6.07 Å². The molecule has 1 saturated heterocycles. The lowest BCUT2D eigenvalue weighted by atomic mass is 10.2. The number of aliphatic imine (C=N–C) groups is 1. The van der Waals surface area contributed by atoms with Crippen molar-refractivity contribution in [2.24, 2.45) is 10.7 Å². The Morgan fingerprint density at radius 2 is 1.90 bits per heavy atom. The van der Waals surface area contributed by atoms with Gasteiger partial charge in [0, 0.05) is 0 Å². The number of carbonyl (C=O) groups is 2. The van der Waals surface area contributed by atoms with Crippen LogP contribution in [0.1, 0.15) is 5.56 Å². The van der Waals surface area contributed by atoms with Crippen LogP contribution in [0, 0.1) is 0 Å². The van der Waals surface area contributed by atoms with Gasteiger partial charge in [-0.25, -0.2) is 4.99 Å². The van der Waals surface area contributed by atoms with Crippen LogP contribution < -0.4 is 25.3 Å². The standard InChI is InChI=1S/C20H19N3O5S/c1-26-14-6-4-13(5-7-14)22-19-17(29-20(25)23-19)10-12-3-8-15(27-2)16(9-12)28-11-18(21)24/h3-10H,11H2,1-2H3,(H2,21,24)(H,22,23,25). The first kappa shape index (κ1) is 20.3. The smallest absolute Gasteiger partial charge is 0.289 e. The van der Waals surface area contributed by atoms with Gasteiger partial charge in [0.15, 0.2) is 18.1 Å². The van der Waals surface area contributed by atoms with E-state index in [1.165, 1.54) is 7.11 Å². The van der Waals surface area contributed by atoms with Gasteiger partial charge in [-0.15, -0.1) is 0 Å². The summed E-state index contributed by atoms with van der Waals surface area (Å²) in [5.74, 6) is 1.41. The first-order valence-electron chi connectivity index (χ1n) is 8.51. The number of carbonyl (C=O) groups excluding carboxylic acids is 2. The Kier molecular flexibility index (Phi) is 6.40. The van der Waals surface area contributed by atoms with Gasteiger partial charge in [-0.3, -0.25) is 9.59 Å². The Labute approximate surface area is 171 Å². The molecule has 0 unspecified atom stereocenters. The first-order valence-corrected chi connectivity index (χ1v) is 9.33. The summed E-state index contributed by atoms with van der Waals surface area (Å²) in [6.45, 7) is -0.268. The quantitative estimate of drug-likeness (QED) is 0.721. The van der Waals surface area contributed by atoms with Crippen LogP contribution in [0.15, 0.2) is 52.4 Å². The molecule has 1 aliphatic rings. The molecular weight excluding hydrogens is 394 g/mol. The summed E-state index contributed by atoms with van der Waals surface area (Å²) in [6.07, 6.45) is 1.79. The lowest BCUT2D eigenvalue weighted by Crippen LogP contribution is -2.20. The van der Waals surface area contributed by atoms with Crippen molar-refractivity contribution < 1.29 is 23.8 Å². The van der Waals surface area contributed by atoms with Gasteiger partial charge in [0.25, 0.3) is 11.1 Å². The van der Waals surface area contributed by atoms with Crippen LogP contribution in [0.4, 0.5) is 10.5 Å². The first-order chi connectivity index (χ1) is 14.0. The van der Waals surface area contributed by atoms with E-state index in [0.717, 1.165) is 23.1 Å². The molecule has 3 rings (SSSR count). The Balaban J connectivity index is 1.90. The van der Waals surface area contributed by atoms with Crippen molar-refractivity contribution in [1.29, 1.82) is 0 Å². The minimum atomic E-state index is -0.592. The van der Waals surface area contributed by atoms with Gasteiger partial charge in [0.05, 0.1) is 24.8 Å². The number of nitrogens with one attached hydrogen (secondary N) is 1. The van der Waals surface area contributed by atoms with E-state index in [-0.39, 0.29) is 11.8 Å². The Bertz CT molecular complexity index is 986. The maximum absolute atomic E-state index is 11.9. The van der Waals surface area contributed by atoms with E-state index in [4.69, 9.17) is 19.9 Å². The van der Waals surface area contributed by atoms with Crippen LogP contribution in [0.25, 0.3) is 6.08 Å². The van der Waals surface area contributed by atoms with Gasteiger partial charge >= 0.3 is 0 Å². The number of benzene rings is 2. The minimum absolute atomic E-state index is 0.220. The zero-order valence-corrected chi connectivity index (χ0v) is 16.6. The van der Waals surface area contributed by atoms with E-state index in [2.05, 4.69) is 10.3 Å². The van der Waals surface area contributed by atoms with Crippen LogP contribution in [-0.2, 0) is 4.79 Å². The predicted octanol–water partition coefficient (Wildman–Crippen LogP) is 3.10. The Morgan fingerprint density at radius 3 is 2.55 bits per heavy atom. The monoisotopic (exact) mass is 413 g/mol. The summed E-state index contributed by atoms with van der Waals surface area (Å²) in [5, 5.41) is 2.52. The van der Waals surface area contributed by atoms with Gasteiger partial charge in [0.2, 0.25) is 0 Å². The number of amidine groups is 1. The second-order valence-electron chi connectivity index (χ2n) is 5.85. The molecule has 8 nitrogen and oxygen atoms in total. The van der Waals surface area contributed by atoms with Gasteiger partial charge in [0.1, 0.15) is 11.6 Å². The predicted molar refractivity (Wildman–Crippen MR) is 112 cm³/mol. The van der Waals surface area contributed by atoms with Gasteiger partial charge in [-0.05, 0) is 59.8 Å². The molecule has 0 aromatic heterocycles. The lowest BCUT2D eigenvalue weighted by molar-refractivity contribution is -0.119. The molecule has 0 saturated carbocycles. The maximum Gasteiger partial charge on any atom is 0.289 e. The number of thioether (sulfide) groups is 1. The van der Waals surface area contributed by atoms with Crippen molar-refractivity contribution in [3.05, 3.63) is 52.9 Å². The van der Waals surface area contributed by atoms with Crippen LogP contribution >= 0.6 is 11.8 Å². The highest BCUT2D eigenvalue weighted by Crippen LogP contribution is 2.32. The van der Waals surface area contributed by atoms with Crippen LogP contribution in [0.5, 0.6) is 17.2 Å². The van der Waals surface area contributed by atoms with Gasteiger partial charge < -0.3 is 25.3 Å².